The lowest BCUT2D eigenvalue weighted by Crippen LogP contribution is -2.26. The number of imidazole rings is 1. The molecule has 0 N–H and O–H groups in total. The molecular weight excluding hydrogens is 178 g/mol. The van der Waals surface area contributed by atoms with E-state index in [4.69, 9.17) is 0 Å². The Balaban J connectivity index is 3.10. The first-order valence-electron chi connectivity index (χ1n) is 3.75. The highest BCUT2D eigenvalue weighted by atomic mass is 19.3. The smallest absolute Gasteiger partial charge is 0.308 e. The molecule has 0 unspecified atom stereocenters. The normalized spacial score (nSPS) is 11.8. The van der Waals surface area contributed by atoms with Gasteiger partial charge in [-0.15, -0.1) is 0 Å². The number of nitrogens with zero attached hydrogens (tertiary/aromatic N) is 2. The number of aromatic nitrogens is 2. The van der Waals surface area contributed by atoms with E-state index in [1.807, 2.05) is 0 Å². The van der Waals surface area contributed by atoms with Gasteiger partial charge in [0, 0.05) is 14.0 Å². The quantitative estimate of drug-likeness (QED) is 0.660. The summed E-state index contributed by atoms with van der Waals surface area (Å²) >= 11 is 0. The molecule has 0 bridgehead atoms. The Morgan fingerprint density at radius 1 is 1.62 bits per heavy atom. The lowest BCUT2D eigenvalue weighted by atomic mass is 10.2. The van der Waals surface area contributed by atoms with Crippen LogP contribution in [0.25, 0.3) is 0 Å². The second kappa shape index (κ2) is 2.90. The van der Waals surface area contributed by atoms with Crippen molar-refractivity contribution in [2.75, 3.05) is 0 Å². The van der Waals surface area contributed by atoms with Crippen molar-refractivity contribution in [3.63, 3.8) is 0 Å². The van der Waals surface area contributed by atoms with Crippen molar-refractivity contribution in [2.24, 2.45) is 7.05 Å². The summed E-state index contributed by atoms with van der Waals surface area (Å²) in [7, 11) is 1.53. The highest BCUT2D eigenvalue weighted by Gasteiger charge is 2.35. The van der Waals surface area contributed by atoms with E-state index in [0.29, 0.717) is 12.7 Å². The maximum Gasteiger partial charge on any atom is 0.308 e. The Morgan fingerprint density at radius 2 is 2.15 bits per heavy atom. The zero-order chi connectivity index (χ0) is 10.2. The van der Waals surface area contributed by atoms with E-state index in [9.17, 15) is 13.6 Å². The van der Waals surface area contributed by atoms with E-state index >= 15 is 0 Å². The van der Waals surface area contributed by atoms with E-state index in [2.05, 4.69) is 4.98 Å². The van der Waals surface area contributed by atoms with Gasteiger partial charge in [0.05, 0.1) is 6.20 Å². The SMILES string of the molecule is Cc1ncc(C(=O)C(C)(F)F)n1C. The molecule has 0 aliphatic carbocycles. The molecule has 3 nitrogen and oxygen atoms in total. The van der Waals surface area contributed by atoms with Gasteiger partial charge in [-0.2, -0.15) is 8.78 Å². The number of rotatable bonds is 2. The predicted molar refractivity (Wildman–Crippen MR) is 42.9 cm³/mol. The Labute approximate surface area is 74.4 Å². The van der Waals surface area contributed by atoms with Gasteiger partial charge < -0.3 is 4.57 Å². The van der Waals surface area contributed by atoms with Crippen molar-refractivity contribution in [1.29, 1.82) is 0 Å². The minimum Gasteiger partial charge on any atom is -0.329 e. The molecule has 13 heavy (non-hydrogen) atoms. The van der Waals surface area contributed by atoms with Crippen LogP contribution < -0.4 is 0 Å². The van der Waals surface area contributed by atoms with E-state index in [1.165, 1.54) is 11.6 Å². The fourth-order valence-corrected chi connectivity index (χ4v) is 0.938. The molecule has 0 aliphatic rings. The van der Waals surface area contributed by atoms with Crippen LogP contribution in [-0.4, -0.2) is 21.3 Å². The molecule has 0 fully saturated rings. The van der Waals surface area contributed by atoms with E-state index in [1.54, 1.807) is 6.92 Å². The molecular formula is C8H10F2N2O. The summed E-state index contributed by atoms with van der Waals surface area (Å²) in [4.78, 5) is 14.8. The third kappa shape index (κ3) is 1.74. The first-order chi connectivity index (χ1) is 5.84. The number of alkyl halides is 2. The molecule has 1 aromatic rings. The van der Waals surface area contributed by atoms with E-state index < -0.39 is 11.7 Å². The van der Waals surface area contributed by atoms with Crippen LogP contribution in [-0.2, 0) is 7.05 Å². The van der Waals surface area contributed by atoms with Gasteiger partial charge in [0.15, 0.2) is 0 Å². The van der Waals surface area contributed by atoms with Crippen molar-refractivity contribution in [2.45, 2.75) is 19.8 Å². The molecule has 0 radical (unpaired) electrons. The highest BCUT2D eigenvalue weighted by molar-refractivity contribution is 5.99. The van der Waals surface area contributed by atoms with Gasteiger partial charge in [-0.05, 0) is 6.92 Å². The molecule has 0 amide bonds. The highest BCUT2D eigenvalue weighted by Crippen LogP contribution is 2.18. The lowest BCUT2D eigenvalue weighted by Gasteiger charge is -2.08. The number of hydrogen-bond acceptors (Lipinski definition) is 2. The third-order valence-electron chi connectivity index (χ3n) is 1.85. The lowest BCUT2D eigenvalue weighted by molar-refractivity contribution is 0.0213. The molecule has 72 valence electrons. The number of carbonyl (C=O) groups excluding carboxylic acids is 1. The average Bonchev–Trinajstić information content (AvgIpc) is 2.30. The standard InChI is InChI=1S/C8H10F2N2O/c1-5-11-4-6(12(5)3)7(13)8(2,9)10/h4H,1-3H3. The zero-order valence-electron chi connectivity index (χ0n) is 7.64. The van der Waals surface area contributed by atoms with Crippen LogP contribution in [0.15, 0.2) is 6.20 Å². The maximum absolute atomic E-state index is 12.6. The monoisotopic (exact) mass is 188 g/mol. The van der Waals surface area contributed by atoms with Crippen molar-refractivity contribution in [3.8, 4) is 0 Å². The minimum atomic E-state index is -3.33. The van der Waals surface area contributed by atoms with Gasteiger partial charge in [0.2, 0.25) is 5.78 Å². The summed E-state index contributed by atoms with van der Waals surface area (Å²) in [5, 5.41) is 0. The molecule has 0 saturated heterocycles. The number of carbonyl (C=O) groups is 1. The van der Waals surface area contributed by atoms with Gasteiger partial charge >= 0.3 is 5.92 Å². The number of halogens is 2. The van der Waals surface area contributed by atoms with Crippen molar-refractivity contribution >= 4 is 5.78 Å². The van der Waals surface area contributed by atoms with Crippen molar-refractivity contribution in [1.82, 2.24) is 9.55 Å². The van der Waals surface area contributed by atoms with E-state index in [-0.39, 0.29) is 5.69 Å². The van der Waals surface area contributed by atoms with Gasteiger partial charge in [0.1, 0.15) is 11.5 Å². The number of ketones is 1. The van der Waals surface area contributed by atoms with Gasteiger partial charge in [-0.1, -0.05) is 0 Å². The fourth-order valence-electron chi connectivity index (χ4n) is 0.938. The Bertz CT molecular complexity index is 338. The molecule has 1 aromatic heterocycles. The van der Waals surface area contributed by atoms with Gasteiger partial charge in [-0.25, -0.2) is 4.98 Å². The molecule has 1 rings (SSSR count). The Hall–Kier alpha value is -1.26. The summed E-state index contributed by atoms with van der Waals surface area (Å²) in [5.74, 6) is -4.00. The summed E-state index contributed by atoms with van der Waals surface area (Å²) in [6.45, 7) is 2.22. The van der Waals surface area contributed by atoms with Crippen LogP contribution in [0.1, 0.15) is 23.2 Å². The third-order valence-corrected chi connectivity index (χ3v) is 1.85. The molecule has 0 spiro atoms. The first-order valence-corrected chi connectivity index (χ1v) is 3.75. The molecule has 1 heterocycles. The fraction of sp³-hybridized carbons (Fsp3) is 0.500. The van der Waals surface area contributed by atoms with Crippen LogP contribution in [0.3, 0.4) is 0 Å². The number of aryl methyl sites for hydroxylation is 1. The van der Waals surface area contributed by atoms with E-state index in [0.717, 1.165) is 6.20 Å². The maximum atomic E-state index is 12.6. The van der Waals surface area contributed by atoms with Crippen LogP contribution in [0, 0.1) is 6.92 Å². The Kier molecular flexibility index (Phi) is 2.19. The van der Waals surface area contributed by atoms with Crippen molar-refractivity contribution in [3.05, 3.63) is 17.7 Å². The summed E-state index contributed by atoms with van der Waals surface area (Å²) in [6, 6.07) is 0. The Morgan fingerprint density at radius 3 is 2.46 bits per heavy atom. The molecule has 0 saturated carbocycles. The topological polar surface area (TPSA) is 34.9 Å². The molecule has 0 atom stereocenters. The average molecular weight is 188 g/mol. The zero-order valence-corrected chi connectivity index (χ0v) is 7.64. The van der Waals surface area contributed by atoms with Gasteiger partial charge in [-0.3, -0.25) is 4.79 Å². The van der Waals surface area contributed by atoms with Crippen LogP contribution >= 0.6 is 0 Å². The molecule has 0 aromatic carbocycles. The second-order valence-electron chi connectivity index (χ2n) is 2.97. The number of Topliss-reactive ketones (excluding diaryl/α,β-unsaturated/α-hetero) is 1. The summed E-state index contributed by atoms with van der Waals surface area (Å²) in [6.07, 6.45) is 1.16. The number of hydrogen-bond donors (Lipinski definition) is 0. The molecule has 5 heteroatoms. The summed E-state index contributed by atoms with van der Waals surface area (Å²) in [5.41, 5.74) is -0.0648. The molecule has 0 aliphatic heterocycles. The van der Waals surface area contributed by atoms with Crippen LogP contribution in [0.2, 0.25) is 0 Å². The van der Waals surface area contributed by atoms with Gasteiger partial charge in [0.25, 0.3) is 0 Å². The van der Waals surface area contributed by atoms with Crippen LogP contribution in [0.5, 0.6) is 0 Å². The predicted octanol–water partition coefficient (Wildman–Crippen LogP) is 1.57. The minimum absolute atomic E-state index is 0.0648. The first kappa shape index (κ1) is 9.83. The largest absolute Gasteiger partial charge is 0.329 e. The second-order valence-corrected chi connectivity index (χ2v) is 2.97. The van der Waals surface area contributed by atoms with Crippen molar-refractivity contribution < 1.29 is 13.6 Å². The summed E-state index contributed by atoms with van der Waals surface area (Å²) < 4.78 is 26.5. The van der Waals surface area contributed by atoms with Crippen LogP contribution in [0.4, 0.5) is 8.78 Å².